The molecule has 15 heavy (non-hydrogen) atoms. The van der Waals surface area contributed by atoms with Gasteiger partial charge in [-0.15, -0.1) is 0 Å². The molecule has 0 spiro atoms. The summed E-state index contributed by atoms with van der Waals surface area (Å²) < 4.78 is 5.08. The smallest absolute Gasteiger partial charge is 0.136 e. The van der Waals surface area contributed by atoms with Crippen molar-refractivity contribution < 1.29 is 9.52 Å². The second-order valence-corrected chi connectivity index (χ2v) is 3.23. The highest BCUT2D eigenvalue weighted by Crippen LogP contribution is 2.15. The minimum atomic E-state index is -0.680. The molecule has 1 N–H and O–H groups in total. The predicted octanol–water partition coefficient (Wildman–Crippen LogP) is 3.03. The molecule has 0 aliphatic heterocycles. The van der Waals surface area contributed by atoms with E-state index in [0.29, 0.717) is 5.76 Å². The monoisotopic (exact) mass is 200 g/mol. The van der Waals surface area contributed by atoms with E-state index in [0.717, 1.165) is 5.56 Å². The van der Waals surface area contributed by atoms with Crippen LogP contribution >= 0.6 is 0 Å². The minimum absolute atomic E-state index is 0.558. The molecule has 2 nitrogen and oxygen atoms in total. The summed E-state index contributed by atoms with van der Waals surface area (Å²) in [7, 11) is 0. The molecule has 1 heterocycles. The summed E-state index contributed by atoms with van der Waals surface area (Å²) in [5, 5.41) is 9.69. The normalized spacial score (nSPS) is 13.1. The van der Waals surface area contributed by atoms with E-state index < -0.39 is 6.10 Å². The molecule has 0 aliphatic carbocycles. The molecule has 2 heteroatoms. The van der Waals surface area contributed by atoms with Crippen LogP contribution in [0.5, 0.6) is 0 Å². The van der Waals surface area contributed by atoms with Gasteiger partial charge in [0.05, 0.1) is 6.26 Å². The number of aliphatic hydroxyl groups is 1. The van der Waals surface area contributed by atoms with Crippen LogP contribution in [0.3, 0.4) is 0 Å². The van der Waals surface area contributed by atoms with Crippen molar-refractivity contribution in [1.29, 1.82) is 0 Å². The molecule has 2 rings (SSSR count). The number of furan rings is 1. The van der Waals surface area contributed by atoms with Gasteiger partial charge in [0, 0.05) is 0 Å². The van der Waals surface area contributed by atoms with Crippen molar-refractivity contribution >= 4 is 6.08 Å². The first-order valence-electron chi connectivity index (χ1n) is 4.81. The Morgan fingerprint density at radius 3 is 2.53 bits per heavy atom. The summed E-state index contributed by atoms with van der Waals surface area (Å²) in [5.41, 5.74) is 1.06. The summed E-state index contributed by atoms with van der Waals surface area (Å²) in [6.45, 7) is 0. The Kier molecular flexibility index (Phi) is 3.00. The Bertz CT molecular complexity index is 415. The van der Waals surface area contributed by atoms with Crippen LogP contribution in [0.4, 0.5) is 0 Å². The Morgan fingerprint density at radius 2 is 1.87 bits per heavy atom. The molecule has 0 saturated heterocycles. The molecule has 76 valence electrons. The van der Waals surface area contributed by atoms with Crippen LogP contribution in [0.1, 0.15) is 17.4 Å². The minimum Gasteiger partial charge on any atom is -0.466 e. The predicted molar refractivity (Wildman–Crippen MR) is 59.1 cm³/mol. The Morgan fingerprint density at radius 1 is 1.07 bits per heavy atom. The van der Waals surface area contributed by atoms with Gasteiger partial charge in [-0.1, -0.05) is 36.4 Å². The average molecular weight is 200 g/mol. The lowest BCUT2D eigenvalue weighted by Crippen LogP contribution is -1.89. The SMILES string of the molecule is O[C@H](/C=C/c1ccccc1)c1ccco1. The van der Waals surface area contributed by atoms with Gasteiger partial charge in [0.25, 0.3) is 0 Å². The van der Waals surface area contributed by atoms with Gasteiger partial charge in [-0.2, -0.15) is 0 Å². The van der Waals surface area contributed by atoms with Crippen molar-refractivity contribution in [2.45, 2.75) is 6.10 Å². The second-order valence-electron chi connectivity index (χ2n) is 3.23. The summed E-state index contributed by atoms with van der Waals surface area (Å²) in [5.74, 6) is 0.558. The van der Waals surface area contributed by atoms with E-state index in [2.05, 4.69) is 0 Å². The van der Waals surface area contributed by atoms with Crippen molar-refractivity contribution in [3.8, 4) is 0 Å². The largest absolute Gasteiger partial charge is 0.466 e. The van der Waals surface area contributed by atoms with Crippen LogP contribution < -0.4 is 0 Å². The fourth-order valence-corrected chi connectivity index (χ4v) is 1.32. The average Bonchev–Trinajstić information content (AvgIpc) is 2.81. The van der Waals surface area contributed by atoms with Crippen molar-refractivity contribution in [2.24, 2.45) is 0 Å². The zero-order valence-electron chi connectivity index (χ0n) is 8.21. The van der Waals surface area contributed by atoms with E-state index in [1.807, 2.05) is 36.4 Å². The Balaban J connectivity index is 2.06. The van der Waals surface area contributed by atoms with Gasteiger partial charge < -0.3 is 9.52 Å². The first-order chi connectivity index (χ1) is 7.36. The molecule has 0 radical (unpaired) electrons. The molecule has 0 fully saturated rings. The lowest BCUT2D eigenvalue weighted by molar-refractivity contribution is 0.198. The van der Waals surface area contributed by atoms with Crippen LogP contribution in [0, 0.1) is 0 Å². The zero-order chi connectivity index (χ0) is 10.5. The first kappa shape index (κ1) is 9.74. The van der Waals surface area contributed by atoms with E-state index >= 15 is 0 Å². The fraction of sp³-hybridized carbons (Fsp3) is 0.0769. The maximum absolute atomic E-state index is 9.69. The van der Waals surface area contributed by atoms with Crippen LogP contribution in [-0.2, 0) is 0 Å². The highest BCUT2D eigenvalue weighted by molar-refractivity contribution is 5.49. The lowest BCUT2D eigenvalue weighted by Gasteiger charge is -2.00. The van der Waals surface area contributed by atoms with Crippen molar-refractivity contribution in [2.75, 3.05) is 0 Å². The van der Waals surface area contributed by atoms with E-state index in [1.165, 1.54) is 0 Å². The fourth-order valence-electron chi connectivity index (χ4n) is 1.32. The van der Waals surface area contributed by atoms with Gasteiger partial charge in [-0.25, -0.2) is 0 Å². The van der Waals surface area contributed by atoms with Crippen LogP contribution in [-0.4, -0.2) is 5.11 Å². The molecule has 0 aliphatic rings. The highest BCUT2D eigenvalue weighted by atomic mass is 16.4. The molecule has 0 saturated carbocycles. The van der Waals surface area contributed by atoms with Gasteiger partial charge in [0.2, 0.25) is 0 Å². The molecule has 0 amide bonds. The summed E-state index contributed by atoms with van der Waals surface area (Å²) in [4.78, 5) is 0. The number of rotatable bonds is 3. The zero-order valence-corrected chi connectivity index (χ0v) is 8.21. The van der Waals surface area contributed by atoms with Crippen LogP contribution in [0.25, 0.3) is 6.08 Å². The quantitative estimate of drug-likeness (QED) is 0.826. The molecular formula is C13H12O2. The Labute approximate surface area is 88.5 Å². The van der Waals surface area contributed by atoms with Crippen molar-refractivity contribution in [3.63, 3.8) is 0 Å². The lowest BCUT2D eigenvalue weighted by atomic mass is 10.2. The summed E-state index contributed by atoms with van der Waals surface area (Å²) >= 11 is 0. The molecule has 0 bridgehead atoms. The van der Waals surface area contributed by atoms with Gasteiger partial charge in [0.15, 0.2) is 0 Å². The van der Waals surface area contributed by atoms with Gasteiger partial charge in [0.1, 0.15) is 11.9 Å². The maximum Gasteiger partial charge on any atom is 0.136 e. The van der Waals surface area contributed by atoms with Gasteiger partial charge >= 0.3 is 0 Å². The molecule has 0 unspecified atom stereocenters. The van der Waals surface area contributed by atoms with Crippen LogP contribution in [0.2, 0.25) is 0 Å². The third-order valence-electron chi connectivity index (χ3n) is 2.11. The standard InChI is InChI=1S/C13H12O2/c14-12(13-7-4-10-15-13)9-8-11-5-2-1-3-6-11/h1-10,12,14H/b9-8+/t12-/m1/s1. The number of aliphatic hydroxyl groups excluding tert-OH is 1. The molecule has 1 aromatic carbocycles. The van der Waals surface area contributed by atoms with Crippen molar-refractivity contribution in [3.05, 3.63) is 66.1 Å². The summed E-state index contributed by atoms with van der Waals surface area (Å²) in [6.07, 6.45) is 4.44. The third-order valence-corrected chi connectivity index (χ3v) is 2.11. The number of benzene rings is 1. The molecule has 1 atom stereocenters. The second kappa shape index (κ2) is 4.62. The number of hydrogen-bond donors (Lipinski definition) is 1. The van der Waals surface area contributed by atoms with Crippen molar-refractivity contribution in [1.82, 2.24) is 0 Å². The topological polar surface area (TPSA) is 33.4 Å². The van der Waals surface area contributed by atoms with Gasteiger partial charge in [-0.05, 0) is 23.8 Å². The molecule has 1 aromatic heterocycles. The van der Waals surface area contributed by atoms with Crippen LogP contribution in [0.15, 0.2) is 59.2 Å². The van der Waals surface area contributed by atoms with E-state index in [9.17, 15) is 5.11 Å². The van der Waals surface area contributed by atoms with Gasteiger partial charge in [-0.3, -0.25) is 0 Å². The maximum atomic E-state index is 9.69. The first-order valence-corrected chi connectivity index (χ1v) is 4.81. The molecular weight excluding hydrogens is 188 g/mol. The highest BCUT2D eigenvalue weighted by Gasteiger charge is 2.04. The Hall–Kier alpha value is -1.80. The third kappa shape index (κ3) is 2.58. The van der Waals surface area contributed by atoms with E-state index in [-0.39, 0.29) is 0 Å². The van der Waals surface area contributed by atoms with E-state index in [1.54, 1.807) is 24.5 Å². The molecule has 2 aromatic rings. The summed E-state index contributed by atoms with van der Waals surface area (Å²) in [6, 6.07) is 13.3. The van der Waals surface area contributed by atoms with E-state index in [4.69, 9.17) is 4.42 Å². The number of hydrogen-bond acceptors (Lipinski definition) is 2.